The minimum Gasteiger partial charge on any atom is -0.434 e. The number of alkyl halides is 2. The molecule has 2 aromatic carbocycles. The molecule has 0 spiro atoms. The van der Waals surface area contributed by atoms with Gasteiger partial charge in [0.2, 0.25) is 0 Å². The fourth-order valence-corrected chi connectivity index (χ4v) is 2.36. The number of nitrogens with one attached hydrogen (secondary N) is 2. The molecule has 2 rings (SSSR count). The van der Waals surface area contributed by atoms with Crippen LogP contribution in [0.25, 0.3) is 0 Å². The second kappa shape index (κ2) is 11.6. The normalized spacial score (nSPS) is 11.0. The molecule has 0 aliphatic carbocycles. The van der Waals surface area contributed by atoms with Crippen LogP contribution in [0, 0.1) is 0 Å². The van der Waals surface area contributed by atoms with Gasteiger partial charge in [-0.3, -0.25) is 4.99 Å². The summed E-state index contributed by atoms with van der Waals surface area (Å²) in [6.07, 6.45) is 0. The Labute approximate surface area is 175 Å². The Morgan fingerprint density at radius 2 is 1.67 bits per heavy atom. The number of ether oxygens (including phenoxy) is 1. The summed E-state index contributed by atoms with van der Waals surface area (Å²) in [4.78, 5) is 6.19. The summed E-state index contributed by atoms with van der Waals surface area (Å²) in [5, 5.41) is 6.31. The lowest BCUT2D eigenvalue weighted by Crippen LogP contribution is -2.36. The predicted octanol–water partition coefficient (Wildman–Crippen LogP) is 3.84. The maximum atomic E-state index is 12.5. The third kappa shape index (κ3) is 7.58. The fourth-order valence-electron chi connectivity index (χ4n) is 2.36. The average molecular weight is 490 g/mol. The van der Waals surface area contributed by atoms with Crippen LogP contribution in [0.1, 0.15) is 11.1 Å². The lowest BCUT2D eigenvalue weighted by Gasteiger charge is -2.15. The van der Waals surface area contributed by atoms with Gasteiger partial charge >= 0.3 is 6.61 Å². The molecule has 0 aliphatic rings. The van der Waals surface area contributed by atoms with Gasteiger partial charge in [-0.15, -0.1) is 24.0 Å². The highest BCUT2D eigenvalue weighted by Crippen LogP contribution is 2.19. The quantitative estimate of drug-likeness (QED) is 0.352. The summed E-state index contributed by atoms with van der Waals surface area (Å²) in [6.45, 7) is -1.93. The molecule has 0 fully saturated rings. The Morgan fingerprint density at radius 1 is 1.04 bits per heavy atom. The summed E-state index contributed by atoms with van der Waals surface area (Å²) < 4.78 is 29.5. The van der Waals surface area contributed by atoms with E-state index in [1.165, 1.54) is 6.07 Å². The van der Waals surface area contributed by atoms with Gasteiger partial charge in [0.15, 0.2) is 5.96 Å². The third-order valence-corrected chi connectivity index (χ3v) is 3.77. The molecule has 0 radical (unpaired) electrons. The second-order valence-electron chi connectivity index (χ2n) is 5.83. The second-order valence-corrected chi connectivity index (χ2v) is 5.83. The molecule has 0 amide bonds. The Hall–Kier alpha value is -2.10. The van der Waals surface area contributed by atoms with Crippen molar-refractivity contribution in [3.05, 3.63) is 59.7 Å². The summed E-state index contributed by atoms with van der Waals surface area (Å²) in [7, 11) is 5.65. The van der Waals surface area contributed by atoms with Crippen molar-refractivity contribution in [2.24, 2.45) is 4.99 Å². The first-order valence-corrected chi connectivity index (χ1v) is 8.23. The van der Waals surface area contributed by atoms with Gasteiger partial charge in [0.05, 0.1) is 0 Å². The number of halogens is 3. The first-order valence-electron chi connectivity index (χ1n) is 8.23. The Kier molecular flexibility index (Phi) is 9.84. The molecule has 148 valence electrons. The van der Waals surface area contributed by atoms with Crippen LogP contribution in [0.3, 0.4) is 0 Å². The first-order chi connectivity index (χ1) is 12.5. The van der Waals surface area contributed by atoms with Crippen LogP contribution in [-0.2, 0) is 13.1 Å². The number of aliphatic imine (C=N–C) groups is 1. The first kappa shape index (κ1) is 22.9. The van der Waals surface area contributed by atoms with Crippen LogP contribution in [-0.4, -0.2) is 33.7 Å². The molecule has 2 N–H and O–H groups in total. The highest BCUT2D eigenvalue weighted by atomic mass is 127. The van der Waals surface area contributed by atoms with Crippen molar-refractivity contribution in [2.45, 2.75) is 19.7 Å². The van der Waals surface area contributed by atoms with E-state index < -0.39 is 6.61 Å². The molecule has 0 atom stereocenters. The molecule has 0 aromatic heterocycles. The van der Waals surface area contributed by atoms with Crippen molar-refractivity contribution < 1.29 is 13.5 Å². The summed E-state index contributed by atoms with van der Waals surface area (Å²) >= 11 is 0. The minimum atomic E-state index is -2.85. The van der Waals surface area contributed by atoms with Crippen molar-refractivity contribution in [3.8, 4) is 5.75 Å². The van der Waals surface area contributed by atoms with E-state index in [4.69, 9.17) is 0 Å². The largest absolute Gasteiger partial charge is 0.434 e. The van der Waals surface area contributed by atoms with Crippen LogP contribution in [0.4, 0.5) is 14.5 Å². The van der Waals surface area contributed by atoms with E-state index in [1.807, 2.05) is 43.3 Å². The average Bonchev–Trinajstić information content (AvgIpc) is 2.63. The number of benzene rings is 2. The van der Waals surface area contributed by atoms with E-state index in [1.54, 1.807) is 25.2 Å². The van der Waals surface area contributed by atoms with Gasteiger partial charge in [0.1, 0.15) is 5.75 Å². The lowest BCUT2D eigenvalue weighted by molar-refractivity contribution is -0.0504. The molecular weight excluding hydrogens is 465 g/mol. The summed E-state index contributed by atoms with van der Waals surface area (Å²) in [5.74, 6) is 0.735. The van der Waals surface area contributed by atoms with Gasteiger partial charge in [-0.25, -0.2) is 0 Å². The molecule has 0 bridgehead atoms. The number of nitrogens with zero attached hydrogens (tertiary/aromatic N) is 2. The van der Waals surface area contributed by atoms with E-state index in [0.29, 0.717) is 24.6 Å². The van der Waals surface area contributed by atoms with Gasteiger partial charge in [0, 0.05) is 45.5 Å². The zero-order valence-corrected chi connectivity index (χ0v) is 17.9. The van der Waals surface area contributed by atoms with E-state index in [9.17, 15) is 8.78 Å². The molecule has 2 aromatic rings. The molecule has 0 aliphatic heterocycles. The molecule has 0 heterocycles. The number of hydrogen-bond donors (Lipinski definition) is 2. The van der Waals surface area contributed by atoms with E-state index in [-0.39, 0.29) is 29.7 Å². The Morgan fingerprint density at radius 3 is 2.26 bits per heavy atom. The smallest absolute Gasteiger partial charge is 0.387 e. The number of para-hydroxylation sites is 1. The summed E-state index contributed by atoms with van der Waals surface area (Å²) in [6, 6.07) is 14.9. The van der Waals surface area contributed by atoms with Crippen LogP contribution < -0.4 is 20.3 Å². The summed E-state index contributed by atoms with van der Waals surface area (Å²) in [5.41, 5.74) is 2.87. The van der Waals surface area contributed by atoms with Gasteiger partial charge in [-0.05, 0) is 23.8 Å². The van der Waals surface area contributed by atoms with E-state index in [2.05, 4.69) is 20.4 Å². The molecule has 27 heavy (non-hydrogen) atoms. The van der Waals surface area contributed by atoms with Crippen molar-refractivity contribution in [2.75, 3.05) is 26.0 Å². The van der Waals surface area contributed by atoms with Crippen LogP contribution in [0.15, 0.2) is 53.5 Å². The van der Waals surface area contributed by atoms with Crippen molar-refractivity contribution in [1.82, 2.24) is 10.6 Å². The minimum absolute atomic E-state index is 0. The topological polar surface area (TPSA) is 48.9 Å². The van der Waals surface area contributed by atoms with Crippen molar-refractivity contribution in [3.63, 3.8) is 0 Å². The number of rotatable bonds is 7. The molecule has 0 saturated heterocycles. The van der Waals surface area contributed by atoms with Crippen LogP contribution in [0.5, 0.6) is 5.75 Å². The standard InChI is InChI=1S/C19H24F2N4O.HI/c1-22-19(23-12-14-8-10-16(11-9-14)25(2)3)24-13-15-6-4-5-7-17(15)26-18(20)21;/h4-11,18H,12-13H2,1-3H3,(H2,22,23,24);1H. The molecule has 0 saturated carbocycles. The predicted molar refractivity (Wildman–Crippen MR) is 116 cm³/mol. The maximum Gasteiger partial charge on any atom is 0.387 e. The van der Waals surface area contributed by atoms with E-state index in [0.717, 1.165) is 11.3 Å². The van der Waals surface area contributed by atoms with Gasteiger partial charge < -0.3 is 20.3 Å². The van der Waals surface area contributed by atoms with Crippen LogP contribution in [0.2, 0.25) is 0 Å². The van der Waals surface area contributed by atoms with E-state index >= 15 is 0 Å². The molecule has 0 unspecified atom stereocenters. The van der Waals surface area contributed by atoms with Crippen LogP contribution >= 0.6 is 24.0 Å². The zero-order valence-electron chi connectivity index (χ0n) is 15.6. The van der Waals surface area contributed by atoms with Gasteiger partial charge in [-0.1, -0.05) is 30.3 Å². The van der Waals surface area contributed by atoms with Gasteiger partial charge in [-0.2, -0.15) is 8.78 Å². The number of guanidine groups is 1. The Balaban J connectivity index is 0.00000364. The molecular formula is C19H25F2IN4O. The number of anilines is 1. The lowest BCUT2D eigenvalue weighted by atomic mass is 10.2. The Bertz CT molecular complexity index is 724. The highest BCUT2D eigenvalue weighted by molar-refractivity contribution is 14.0. The fraction of sp³-hybridized carbons (Fsp3) is 0.316. The zero-order chi connectivity index (χ0) is 18.9. The number of hydrogen-bond acceptors (Lipinski definition) is 3. The van der Waals surface area contributed by atoms with Crippen molar-refractivity contribution in [1.29, 1.82) is 0 Å². The van der Waals surface area contributed by atoms with Crippen molar-refractivity contribution >= 4 is 35.6 Å². The monoisotopic (exact) mass is 490 g/mol. The third-order valence-electron chi connectivity index (χ3n) is 3.77. The highest BCUT2D eigenvalue weighted by Gasteiger charge is 2.09. The molecule has 5 nitrogen and oxygen atoms in total. The maximum absolute atomic E-state index is 12.5. The molecule has 8 heteroatoms. The SMILES string of the molecule is CN=C(NCc1ccc(N(C)C)cc1)NCc1ccccc1OC(F)F.I. The van der Waals surface area contributed by atoms with Gasteiger partial charge in [0.25, 0.3) is 0 Å².